The zero-order valence-corrected chi connectivity index (χ0v) is 20.0. The van der Waals surface area contributed by atoms with Crippen LogP contribution in [0.25, 0.3) is 0 Å². The Labute approximate surface area is 187 Å². The first-order valence-electron chi connectivity index (χ1n) is 10.0. The first kappa shape index (κ1) is 24.7. The predicted octanol–water partition coefficient (Wildman–Crippen LogP) is 3.49. The van der Waals surface area contributed by atoms with E-state index in [-0.39, 0.29) is 35.9 Å². The molecule has 0 spiro atoms. The molecule has 1 heterocycles. The molecule has 0 bridgehead atoms. The zero-order chi connectivity index (χ0) is 19.8. The van der Waals surface area contributed by atoms with Gasteiger partial charge < -0.3 is 16.0 Å². The predicted molar refractivity (Wildman–Crippen MR) is 129 cm³/mol. The molecule has 0 radical (unpaired) electrons. The minimum atomic E-state index is 0. The minimum absolute atomic E-state index is 0. The maximum Gasteiger partial charge on any atom is 0.239 e. The van der Waals surface area contributed by atoms with Crippen molar-refractivity contribution >= 4 is 41.5 Å². The van der Waals surface area contributed by atoms with Crippen molar-refractivity contribution < 1.29 is 4.79 Å². The Bertz CT molecular complexity index is 632. The number of amides is 1. The third kappa shape index (κ3) is 7.24. The summed E-state index contributed by atoms with van der Waals surface area (Å²) in [4.78, 5) is 20.6. The molecule has 1 aliphatic rings. The van der Waals surface area contributed by atoms with E-state index in [1.54, 1.807) is 4.90 Å². The van der Waals surface area contributed by atoms with Crippen LogP contribution in [0.5, 0.6) is 0 Å². The maximum absolute atomic E-state index is 12.2. The molecular weight excluding hydrogens is 465 g/mol. The van der Waals surface area contributed by atoms with Crippen molar-refractivity contribution in [1.82, 2.24) is 9.80 Å². The Balaban J connectivity index is 0.00000392. The van der Waals surface area contributed by atoms with E-state index in [0.717, 1.165) is 44.5 Å². The minimum Gasteiger partial charge on any atom is -0.370 e. The van der Waals surface area contributed by atoms with Gasteiger partial charge >= 0.3 is 0 Å². The summed E-state index contributed by atoms with van der Waals surface area (Å²) in [6.07, 6.45) is 4.07. The molecule has 1 aliphatic heterocycles. The third-order valence-corrected chi connectivity index (χ3v) is 5.34. The second-order valence-electron chi connectivity index (χ2n) is 7.60. The molecule has 1 aromatic carbocycles. The van der Waals surface area contributed by atoms with E-state index in [9.17, 15) is 4.79 Å². The van der Waals surface area contributed by atoms with Gasteiger partial charge in [-0.15, -0.1) is 24.0 Å². The Kier molecular flexibility index (Phi) is 10.8. The molecule has 1 aromatic rings. The largest absolute Gasteiger partial charge is 0.370 e. The Morgan fingerprint density at radius 3 is 2.64 bits per heavy atom. The van der Waals surface area contributed by atoms with Crippen LogP contribution in [0.4, 0.5) is 5.69 Å². The fourth-order valence-corrected chi connectivity index (χ4v) is 3.46. The second-order valence-corrected chi connectivity index (χ2v) is 7.60. The highest BCUT2D eigenvalue weighted by Gasteiger charge is 2.30. The monoisotopic (exact) mass is 501 g/mol. The van der Waals surface area contributed by atoms with E-state index in [1.807, 2.05) is 26.2 Å². The molecular formula is C21H36IN5O. The van der Waals surface area contributed by atoms with E-state index in [1.165, 1.54) is 5.56 Å². The molecule has 28 heavy (non-hydrogen) atoms. The van der Waals surface area contributed by atoms with Gasteiger partial charge in [0, 0.05) is 32.9 Å². The lowest BCUT2D eigenvalue weighted by Crippen LogP contribution is -2.43. The average Bonchev–Trinajstić information content (AvgIpc) is 3.12. The number of carbonyl (C=O) groups is 1. The van der Waals surface area contributed by atoms with Gasteiger partial charge in [-0.1, -0.05) is 26.0 Å². The van der Waals surface area contributed by atoms with Gasteiger partial charge in [-0.05, 0) is 55.8 Å². The molecule has 1 amide bonds. The van der Waals surface area contributed by atoms with Crippen molar-refractivity contribution in [1.29, 1.82) is 0 Å². The smallest absolute Gasteiger partial charge is 0.239 e. The van der Waals surface area contributed by atoms with Crippen LogP contribution in [0.1, 0.15) is 51.0 Å². The van der Waals surface area contributed by atoms with Gasteiger partial charge in [0.05, 0.1) is 6.04 Å². The van der Waals surface area contributed by atoms with Crippen LogP contribution in [0.2, 0.25) is 0 Å². The number of hydrogen-bond donors (Lipinski definition) is 2. The number of rotatable bonds is 8. The number of carbonyl (C=O) groups excluding carboxylic acids is 1. The Hall–Kier alpha value is -1.35. The summed E-state index contributed by atoms with van der Waals surface area (Å²) in [6, 6.07) is 8.40. The summed E-state index contributed by atoms with van der Waals surface area (Å²) in [7, 11) is 3.65. The van der Waals surface area contributed by atoms with Crippen LogP contribution >= 0.6 is 24.0 Å². The van der Waals surface area contributed by atoms with E-state index >= 15 is 0 Å². The number of aliphatic imine (C=N–C) groups is 1. The van der Waals surface area contributed by atoms with Crippen LogP contribution in [-0.2, 0) is 4.79 Å². The molecule has 6 nitrogen and oxygen atoms in total. The van der Waals surface area contributed by atoms with E-state index in [2.05, 4.69) is 41.2 Å². The topological polar surface area (TPSA) is 74.0 Å². The number of nitrogens with two attached hydrogens (primary N) is 1. The highest BCUT2D eigenvalue weighted by atomic mass is 127. The summed E-state index contributed by atoms with van der Waals surface area (Å²) >= 11 is 0. The number of halogens is 1. The van der Waals surface area contributed by atoms with Crippen molar-refractivity contribution in [2.45, 2.75) is 51.5 Å². The van der Waals surface area contributed by atoms with Gasteiger partial charge in [-0.3, -0.25) is 14.7 Å². The van der Waals surface area contributed by atoms with Crippen molar-refractivity contribution in [2.75, 3.05) is 39.0 Å². The Morgan fingerprint density at radius 2 is 2.04 bits per heavy atom. The number of likely N-dealkylation sites (tertiary alicyclic amines) is 1. The normalized spacial score (nSPS) is 18.4. The summed E-state index contributed by atoms with van der Waals surface area (Å²) in [5.41, 5.74) is 8.30. The van der Waals surface area contributed by atoms with Gasteiger partial charge in [0.25, 0.3) is 0 Å². The summed E-state index contributed by atoms with van der Waals surface area (Å²) in [5.74, 6) is 1.21. The first-order chi connectivity index (χ1) is 12.9. The highest BCUT2D eigenvalue weighted by molar-refractivity contribution is 14.0. The summed E-state index contributed by atoms with van der Waals surface area (Å²) in [6.45, 7) is 6.95. The molecule has 2 atom stereocenters. The third-order valence-electron chi connectivity index (χ3n) is 5.34. The number of guanidine groups is 1. The first-order valence-corrected chi connectivity index (χ1v) is 10.0. The van der Waals surface area contributed by atoms with E-state index in [4.69, 9.17) is 5.73 Å². The van der Waals surface area contributed by atoms with Crippen molar-refractivity contribution in [3.05, 3.63) is 29.8 Å². The molecule has 0 saturated carbocycles. The van der Waals surface area contributed by atoms with Crippen LogP contribution in [0, 0.1) is 0 Å². The molecule has 1 saturated heterocycles. The van der Waals surface area contributed by atoms with Gasteiger partial charge in [0.2, 0.25) is 5.91 Å². The lowest BCUT2D eigenvalue weighted by atomic mass is 9.99. The molecule has 1 fully saturated rings. The Morgan fingerprint density at radius 1 is 1.36 bits per heavy atom. The number of hydrogen-bond acceptors (Lipinski definition) is 3. The number of likely N-dealkylation sites (N-methyl/N-ethyl adjacent to an activating group) is 1. The van der Waals surface area contributed by atoms with Crippen molar-refractivity contribution in [3.63, 3.8) is 0 Å². The van der Waals surface area contributed by atoms with E-state index < -0.39 is 0 Å². The number of nitrogens with zero attached hydrogens (tertiary/aromatic N) is 3. The molecule has 0 aliphatic carbocycles. The van der Waals surface area contributed by atoms with Crippen LogP contribution < -0.4 is 11.1 Å². The number of benzene rings is 1. The molecule has 2 rings (SSSR count). The molecule has 2 unspecified atom stereocenters. The standard InChI is InChI=1S/C21H35N5O.HI/c1-5-16(2)17-9-11-18(12-10-17)24-21(22)23-13-7-15-26-14-6-8-19(26)20(27)25(3)4;/h9-12,16,19H,5-8,13-15H2,1-4H3,(H3,22,23,24);1H. The lowest BCUT2D eigenvalue weighted by molar-refractivity contribution is -0.133. The van der Waals surface area contributed by atoms with Gasteiger partial charge in [-0.2, -0.15) is 0 Å². The van der Waals surface area contributed by atoms with Crippen molar-refractivity contribution in [2.24, 2.45) is 10.7 Å². The fourth-order valence-electron chi connectivity index (χ4n) is 3.46. The highest BCUT2D eigenvalue weighted by Crippen LogP contribution is 2.20. The maximum atomic E-state index is 12.2. The zero-order valence-electron chi connectivity index (χ0n) is 17.6. The van der Waals surface area contributed by atoms with Gasteiger partial charge in [-0.25, -0.2) is 0 Å². The average molecular weight is 501 g/mol. The molecule has 7 heteroatoms. The van der Waals surface area contributed by atoms with E-state index in [0.29, 0.717) is 18.4 Å². The van der Waals surface area contributed by atoms with Gasteiger partial charge in [0.15, 0.2) is 5.96 Å². The van der Waals surface area contributed by atoms with Crippen LogP contribution in [-0.4, -0.2) is 61.4 Å². The number of anilines is 1. The van der Waals surface area contributed by atoms with Gasteiger partial charge in [0.1, 0.15) is 0 Å². The van der Waals surface area contributed by atoms with Crippen LogP contribution in [0.3, 0.4) is 0 Å². The fraction of sp³-hybridized carbons (Fsp3) is 0.619. The SMILES string of the molecule is CCC(C)c1ccc(NC(N)=NCCCN2CCCC2C(=O)N(C)C)cc1.I. The summed E-state index contributed by atoms with van der Waals surface area (Å²) in [5, 5.41) is 3.15. The second kappa shape index (κ2) is 12.3. The number of nitrogens with one attached hydrogen (secondary N) is 1. The molecule has 3 N–H and O–H groups in total. The quantitative estimate of drug-likeness (QED) is 0.248. The lowest BCUT2D eigenvalue weighted by Gasteiger charge is -2.25. The van der Waals surface area contributed by atoms with Crippen LogP contribution in [0.15, 0.2) is 29.3 Å². The summed E-state index contributed by atoms with van der Waals surface area (Å²) < 4.78 is 0. The molecule has 158 valence electrons. The van der Waals surface area contributed by atoms with Crippen molar-refractivity contribution in [3.8, 4) is 0 Å². The molecule has 0 aromatic heterocycles.